The van der Waals surface area contributed by atoms with Gasteiger partial charge in [-0.05, 0) is 54.2 Å². The third-order valence-corrected chi connectivity index (χ3v) is 8.77. The van der Waals surface area contributed by atoms with Gasteiger partial charge in [0.2, 0.25) is 0 Å². The minimum Gasteiger partial charge on any atom is -0.204 e. The summed E-state index contributed by atoms with van der Waals surface area (Å²) < 4.78 is 39.9. The van der Waals surface area contributed by atoms with Crippen molar-refractivity contribution in [3.05, 3.63) is 35.1 Å². The van der Waals surface area contributed by atoms with Crippen molar-refractivity contribution in [2.75, 3.05) is 0 Å². The predicted octanol–water partition coefficient (Wildman–Crippen LogP) is 10.2. The molecule has 0 aliphatic heterocycles. The molecule has 0 heterocycles. The van der Waals surface area contributed by atoms with E-state index in [0.29, 0.717) is 17.9 Å². The molecular formula is C30H47F3. The average Bonchev–Trinajstić information content (AvgIpc) is 2.83. The maximum Gasteiger partial charge on any atom is 0.194 e. The van der Waals surface area contributed by atoms with E-state index in [1.807, 2.05) is 0 Å². The lowest BCUT2D eigenvalue weighted by Gasteiger charge is -2.32. The second-order valence-corrected chi connectivity index (χ2v) is 11.3. The summed E-state index contributed by atoms with van der Waals surface area (Å²) in [6.45, 7) is 2.29. The van der Waals surface area contributed by atoms with Crippen molar-refractivity contribution in [2.24, 2.45) is 23.7 Å². The van der Waals surface area contributed by atoms with Crippen LogP contribution in [0, 0.1) is 41.1 Å². The topological polar surface area (TPSA) is 0 Å². The molecular weight excluding hydrogens is 417 g/mol. The molecule has 0 aromatic heterocycles. The number of benzene rings is 1. The lowest BCUT2D eigenvalue weighted by atomic mass is 9.74. The van der Waals surface area contributed by atoms with Crippen molar-refractivity contribution in [3.8, 4) is 0 Å². The number of rotatable bonds is 13. The number of hydrogen-bond acceptors (Lipinski definition) is 0. The first kappa shape index (κ1) is 26.6. The van der Waals surface area contributed by atoms with Gasteiger partial charge < -0.3 is 0 Å². The van der Waals surface area contributed by atoms with Gasteiger partial charge in [0.15, 0.2) is 17.5 Å². The van der Waals surface area contributed by atoms with E-state index in [9.17, 15) is 13.2 Å². The molecule has 3 rings (SSSR count). The van der Waals surface area contributed by atoms with E-state index < -0.39 is 17.5 Å². The van der Waals surface area contributed by atoms with Crippen LogP contribution >= 0.6 is 0 Å². The number of aryl methyl sites for hydroxylation is 1. The summed E-state index contributed by atoms with van der Waals surface area (Å²) in [7, 11) is 0. The first-order valence-electron chi connectivity index (χ1n) is 14.2. The molecule has 0 bridgehead atoms. The Bertz CT molecular complexity index is 646. The van der Waals surface area contributed by atoms with Gasteiger partial charge >= 0.3 is 0 Å². The number of unbranched alkanes of at least 4 members (excludes halogenated alkanes) is 5. The van der Waals surface area contributed by atoms with E-state index in [-0.39, 0.29) is 0 Å². The van der Waals surface area contributed by atoms with E-state index in [4.69, 9.17) is 0 Å². The van der Waals surface area contributed by atoms with E-state index in [0.717, 1.165) is 36.3 Å². The summed E-state index contributed by atoms with van der Waals surface area (Å²) in [5.41, 5.74) is 0.584. The van der Waals surface area contributed by atoms with Crippen LogP contribution in [-0.4, -0.2) is 0 Å². The van der Waals surface area contributed by atoms with Gasteiger partial charge in [-0.25, -0.2) is 13.2 Å². The highest BCUT2D eigenvalue weighted by molar-refractivity contribution is 5.19. The molecule has 188 valence electrons. The molecule has 1 aromatic rings. The second-order valence-electron chi connectivity index (χ2n) is 11.3. The third-order valence-electron chi connectivity index (χ3n) is 8.77. The summed E-state index contributed by atoms with van der Waals surface area (Å²) in [6.07, 6.45) is 25.4. The van der Waals surface area contributed by atoms with Gasteiger partial charge in [0.05, 0.1) is 0 Å². The fraction of sp³-hybridized carbons (Fsp3) is 0.800. The first-order chi connectivity index (χ1) is 16.0. The zero-order chi connectivity index (χ0) is 23.5. The fourth-order valence-electron chi connectivity index (χ4n) is 6.43. The van der Waals surface area contributed by atoms with E-state index in [1.54, 1.807) is 0 Å². The van der Waals surface area contributed by atoms with Crippen LogP contribution in [0.4, 0.5) is 13.2 Å². The SMILES string of the molecule is CCCCCCCC[C@H]1CC[C@H](CCC2CCC(CCc3cc(F)c(F)c(F)c3)CC2)CC1. The Labute approximate surface area is 201 Å². The molecule has 0 amide bonds. The molecule has 0 nitrogen and oxygen atoms in total. The lowest BCUT2D eigenvalue weighted by molar-refractivity contribution is 0.208. The van der Waals surface area contributed by atoms with Crippen LogP contribution in [0.3, 0.4) is 0 Å². The minimum atomic E-state index is -1.36. The Morgan fingerprint density at radius 2 is 1.00 bits per heavy atom. The molecule has 3 heteroatoms. The maximum absolute atomic E-state index is 13.4. The smallest absolute Gasteiger partial charge is 0.194 e. The highest BCUT2D eigenvalue weighted by Gasteiger charge is 2.25. The first-order valence-corrected chi connectivity index (χ1v) is 14.2. The molecule has 0 radical (unpaired) electrons. The maximum atomic E-state index is 13.4. The van der Waals surface area contributed by atoms with E-state index >= 15 is 0 Å². The zero-order valence-corrected chi connectivity index (χ0v) is 21.0. The molecule has 2 aliphatic carbocycles. The van der Waals surface area contributed by atoms with Crippen LogP contribution < -0.4 is 0 Å². The van der Waals surface area contributed by atoms with Crippen LogP contribution in [0.2, 0.25) is 0 Å². The molecule has 0 unspecified atom stereocenters. The van der Waals surface area contributed by atoms with Crippen molar-refractivity contribution in [2.45, 2.75) is 129 Å². The van der Waals surface area contributed by atoms with Crippen molar-refractivity contribution in [1.82, 2.24) is 0 Å². The van der Waals surface area contributed by atoms with Gasteiger partial charge in [-0.1, -0.05) is 116 Å². The standard InChI is InChI=1S/C30H47F3/c1-2-3-4-5-6-7-8-23-9-11-24(12-10-23)13-14-25-15-17-26(18-16-25)19-20-27-21-28(31)30(33)29(32)22-27/h21-26H,2-20H2,1H3/t23-,24-,25?,26?. The largest absolute Gasteiger partial charge is 0.204 e. The Kier molecular flexibility index (Phi) is 11.6. The molecule has 0 spiro atoms. The molecule has 1 aromatic carbocycles. The minimum absolute atomic E-state index is 0.584. The summed E-state index contributed by atoms with van der Waals surface area (Å²) in [5, 5.41) is 0. The summed E-state index contributed by atoms with van der Waals surface area (Å²) in [5.74, 6) is 0.0104. The molecule has 0 N–H and O–H groups in total. The number of hydrogen-bond donors (Lipinski definition) is 0. The van der Waals surface area contributed by atoms with Crippen molar-refractivity contribution in [3.63, 3.8) is 0 Å². The third kappa shape index (κ3) is 9.29. The molecule has 2 aliphatic rings. The normalized spacial score (nSPS) is 25.9. The van der Waals surface area contributed by atoms with Crippen LogP contribution in [0.1, 0.15) is 128 Å². The highest BCUT2D eigenvalue weighted by atomic mass is 19.2. The predicted molar refractivity (Wildman–Crippen MR) is 133 cm³/mol. The van der Waals surface area contributed by atoms with Gasteiger partial charge in [-0.3, -0.25) is 0 Å². The molecule has 2 fully saturated rings. The molecule has 2 saturated carbocycles. The van der Waals surface area contributed by atoms with Gasteiger partial charge in [-0.15, -0.1) is 0 Å². The van der Waals surface area contributed by atoms with E-state index in [2.05, 4.69) is 6.92 Å². The van der Waals surface area contributed by atoms with Crippen LogP contribution in [0.25, 0.3) is 0 Å². The van der Waals surface area contributed by atoms with Gasteiger partial charge in [-0.2, -0.15) is 0 Å². The van der Waals surface area contributed by atoms with Crippen LogP contribution in [-0.2, 0) is 6.42 Å². The van der Waals surface area contributed by atoms with Crippen LogP contribution in [0.15, 0.2) is 12.1 Å². The average molecular weight is 465 g/mol. The van der Waals surface area contributed by atoms with Crippen molar-refractivity contribution in [1.29, 1.82) is 0 Å². The highest BCUT2D eigenvalue weighted by Crippen LogP contribution is 2.38. The monoisotopic (exact) mass is 464 g/mol. The van der Waals surface area contributed by atoms with Gasteiger partial charge in [0.25, 0.3) is 0 Å². The van der Waals surface area contributed by atoms with Crippen molar-refractivity contribution >= 4 is 0 Å². The van der Waals surface area contributed by atoms with Crippen LogP contribution in [0.5, 0.6) is 0 Å². The second kappa shape index (κ2) is 14.4. The molecule has 33 heavy (non-hydrogen) atoms. The Morgan fingerprint density at radius 3 is 1.52 bits per heavy atom. The fourth-order valence-corrected chi connectivity index (χ4v) is 6.43. The van der Waals surface area contributed by atoms with Crippen molar-refractivity contribution < 1.29 is 13.2 Å². The quantitative estimate of drug-likeness (QED) is 0.201. The van der Waals surface area contributed by atoms with E-state index in [1.165, 1.54) is 109 Å². The van der Waals surface area contributed by atoms with Gasteiger partial charge in [0, 0.05) is 0 Å². The Hall–Kier alpha value is -0.990. The summed E-state index contributed by atoms with van der Waals surface area (Å²) >= 11 is 0. The summed E-state index contributed by atoms with van der Waals surface area (Å²) in [4.78, 5) is 0. The van der Waals surface area contributed by atoms with Gasteiger partial charge in [0.1, 0.15) is 0 Å². The zero-order valence-electron chi connectivity index (χ0n) is 21.0. The Balaban J connectivity index is 1.23. The molecule has 0 atom stereocenters. The lowest BCUT2D eigenvalue weighted by Crippen LogP contribution is -2.18. The summed E-state index contributed by atoms with van der Waals surface area (Å²) in [6, 6.07) is 2.32. The number of halogens is 3. The Morgan fingerprint density at radius 1 is 0.576 bits per heavy atom. The molecule has 0 saturated heterocycles.